The zero-order valence-electron chi connectivity index (χ0n) is 10.9. The minimum atomic E-state index is -0.395. The number of rotatable bonds is 5. The van der Waals surface area contributed by atoms with Gasteiger partial charge in [0.2, 0.25) is 0 Å². The summed E-state index contributed by atoms with van der Waals surface area (Å²) in [5, 5.41) is 14.0. The molecule has 1 unspecified atom stereocenters. The summed E-state index contributed by atoms with van der Waals surface area (Å²) in [7, 11) is 0. The van der Waals surface area contributed by atoms with Crippen molar-refractivity contribution >= 4 is 5.69 Å². The number of non-ortho nitro benzene ring substituents is 1. The van der Waals surface area contributed by atoms with E-state index in [1.807, 2.05) is 26.0 Å². The van der Waals surface area contributed by atoms with Crippen LogP contribution in [-0.2, 0) is 0 Å². The van der Waals surface area contributed by atoms with Gasteiger partial charge in [0.05, 0.1) is 17.2 Å². The molecule has 0 aliphatic carbocycles. The van der Waals surface area contributed by atoms with E-state index in [4.69, 9.17) is 4.42 Å². The quantitative estimate of drug-likeness (QED) is 0.658. The van der Waals surface area contributed by atoms with Gasteiger partial charge in [-0.05, 0) is 31.5 Å². The predicted octanol–water partition coefficient (Wildman–Crippen LogP) is 3.60. The number of nitrogens with zero attached hydrogens (tertiary/aromatic N) is 1. The largest absolute Gasteiger partial charge is 0.468 e. The van der Waals surface area contributed by atoms with Crippen LogP contribution in [0, 0.1) is 10.1 Å². The van der Waals surface area contributed by atoms with E-state index in [2.05, 4.69) is 5.32 Å². The minimum absolute atomic E-state index is 0.0835. The molecule has 5 nitrogen and oxygen atoms in total. The normalized spacial score (nSPS) is 14.0. The molecule has 100 valence electrons. The number of nitro groups is 1. The van der Waals surface area contributed by atoms with Gasteiger partial charge < -0.3 is 9.73 Å². The van der Waals surface area contributed by atoms with Crippen LogP contribution >= 0.6 is 0 Å². The molecule has 2 rings (SSSR count). The molecule has 2 aromatic rings. The Morgan fingerprint density at radius 3 is 2.37 bits per heavy atom. The summed E-state index contributed by atoms with van der Waals surface area (Å²) in [5.74, 6) is 0.869. The van der Waals surface area contributed by atoms with Crippen LogP contribution in [0.3, 0.4) is 0 Å². The topological polar surface area (TPSA) is 68.3 Å². The first-order chi connectivity index (χ1) is 9.08. The fourth-order valence-corrected chi connectivity index (χ4v) is 1.98. The molecular weight excluding hydrogens is 244 g/mol. The molecule has 1 N–H and O–H groups in total. The Kier molecular flexibility index (Phi) is 3.97. The molecule has 0 amide bonds. The SMILES string of the molecule is CC(N[C@H](C)c1ccco1)c1ccc([N+](=O)[O-])cc1. The van der Waals surface area contributed by atoms with Crippen LogP contribution in [0.15, 0.2) is 47.1 Å². The van der Waals surface area contributed by atoms with Crippen molar-refractivity contribution in [2.24, 2.45) is 0 Å². The monoisotopic (exact) mass is 260 g/mol. The molecule has 0 saturated carbocycles. The van der Waals surface area contributed by atoms with E-state index in [1.165, 1.54) is 12.1 Å². The molecule has 5 heteroatoms. The van der Waals surface area contributed by atoms with Gasteiger partial charge in [-0.25, -0.2) is 0 Å². The molecule has 2 atom stereocenters. The van der Waals surface area contributed by atoms with E-state index < -0.39 is 4.92 Å². The second kappa shape index (κ2) is 5.67. The highest BCUT2D eigenvalue weighted by molar-refractivity contribution is 5.34. The van der Waals surface area contributed by atoms with Crippen LogP contribution in [0.25, 0.3) is 0 Å². The zero-order valence-corrected chi connectivity index (χ0v) is 10.9. The molecule has 0 saturated heterocycles. The first kappa shape index (κ1) is 13.3. The lowest BCUT2D eigenvalue weighted by Crippen LogP contribution is -2.22. The van der Waals surface area contributed by atoms with Gasteiger partial charge in [-0.1, -0.05) is 12.1 Å². The molecule has 0 bridgehead atoms. The molecule has 0 aliphatic rings. The zero-order chi connectivity index (χ0) is 13.8. The molecular formula is C14H16N2O3. The summed E-state index contributed by atoms with van der Waals surface area (Å²) in [6.07, 6.45) is 1.64. The van der Waals surface area contributed by atoms with Crippen LogP contribution in [0.2, 0.25) is 0 Å². The van der Waals surface area contributed by atoms with Crippen LogP contribution in [-0.4, -0.2) is 4.92 Å². The van der Waals surface area contributed by atoms with Gasteiger partial charge >= 0.3 is 0 Å². The number of nitrogens with one attached hydrogen (secondary N) is 1. The van der Waals surface area contributed by atoms with E-state index in [0.29, 0.717) is 0 Å². The lowest BCUT2D eigenvalue weighted by atomic mass is 10.1. The van der Waals surface area contributed by atoms with E-state index in [9.17, 15) is 10.1 Å². The summed E-state index contributed by atoms with van der Waals surface area (Å²) in [5.41, 5.74) is 1.11. The Bertz CT molecular complexity index is 534. The van der Waals surface area contributed by atoms with Gasteiger partial charge in [0, 0.05) is 18.2 Å². The first-order valence-corrected chi connectivity index (χ1v) is 6.11. The van der Waals surface area contributed by atoms with Crippen molar-refractivity contribution in [2.75, 3.05) is 0 Å². The van der Waals surface area contributed by atoms with Crippen molar-refractivity contribution < 1.29 is 9.34 Å². The summed E-state index contributed by atoms with van der Waals surface area (Å²) >= 11 is 0. The number of benzene rings is 1. The third-order valence-corrected chi connectivity index (χ3v) is 3.07. The Labute approximate surface area is 111 Å². The highest BCUT2D eigenvalue weighted by atomic mass is 16.6. The second-order valence-corrected chi connectivity index (χ2v) is 4.47. The fraction of sp³-hybridized carbons (Fsp3) is 0.286. The summed E-state index contributed by atoms with van der Waals surface area (Å²) in [4.78, 5) is 10.2. The van der Waals surface area contributed by atoms with E-state index >= 15 is 0 Å². The molecule has 0 spiro atoms. The number of nitro benzene ring substituents is 1. The van der Waals surface area contributed by atoms with Gasteiger partial charge in [-0.15, -0.1) is 0 Å². The third kappa shape index (κ3) is 3.20. The van der Waals surface area contributed by atoms with Gasteiger partial charge in [-0.2, -0.15) is 0 Å². The second-order valence-electron chi connectivity index (χ2n) is 4.47. The summed E-state index contributed by atoms with van der Waals surface area (Å²) in [6.45, 7) is 4.03. The maximum absolute atomic E-state index is 10.6. The summed E-state index contributed by atoms with van der Waals surface area (Å²) < 4.78 is 5.33. The smallest absolute Gasteiger partial charge is 0.269 e. The van der Waals surface area contributed by atoms with E-state index in [-0.39, 0.29) is 17.8 Å². The van der Waals surface area contributed by atoms with Crippen LogP contribution in [0.4, 0.5) is 5.69 Å². The van der Waals surface area contributed by atoms with Crippen LogP contribution < -0.4 is 5.32 Å². The highest BCUT2D eigenvalue weighted by Gasteiger charge is 2.14. The molecule has 19 heavy (non-hydrogen) atoms. The molecule has 1 aromatic carbocycles. The van der Waals surface area contributed by atoms with Crippen molar-refractivity contribution in [3.63, 3.8) is 0 Å². The third-order valence-electron chi connectivity index (χ3n) is 3.07. The van der Waals surface area contributed by atoms with Crippen molar-refractivity contribution in [3.8, 4) is 0 Å². The number of hydrogen-bond donors (Lipinski definition) is 1. The van der Waals surface area contributed by atoms with Crippen molar-refractivity contribution in [1.82, 2.24) is 5.32 Å². The number of hydrogen-bond acceptors (Lipinski definition) is 4. The minimum Gasteiger partial charge on any atom is -0.468 e. The lowest BCUT2D eigenvalue weighted by Gasteiger charge is -2.18. The van der Waals surface area contributed by atoms with Crippen LogP contribution in [0.5, 0.6) is 0 Å². The van der Waals surface area contributed by atoms with Gasteiger partial charge in [0.1, 0.15) is 5.76 Å². The van der Waals surface area contributed by atoms with Crippen molar-refractivity contribution in [1.29, 1.82) is 0 Å². The molecule has 0 radical (unpaired) electrons. The van der Waals surface area contributed by atoms with Crippen molar-refractivity contribution in [2.45, 2.75) is 25.9 Å². The van der Waals surface area contributed by atoms with Crippen molar-refractivity contribution in [3.05, 3.63) is 64.1 Å². The highest BCUT2D eigenvalue weighted by Crippen LogP contribution is 2.21. The lowest BCUT2D eigenvalue weighted by molar-refractivity contribution is -0.384. The number of furan rings is 1. The molecule has 1 aromatic heterocycles. The van der Waals surface area contributed by atoms with E-state index in [0.717, 1.165) is 11.3 Å². The maximum Gasteiger partial charge on any atom is 0.269 e. The standard InChI is InChI=1S/C14H16N2O3/c1-10(15-11(2)14-4-3-9-19-14)12-5-7-13(8-6-12)16(17)18/h3-11,15H,1-2H3/t10?,11-/m1/s1. The Balaban J connectivity index is 2.03. The summed E-state index contributed by atoms with van der Waals surface area (Å²) in [6, 6.07) is 10.5. The molecule has 1 heterocycles. The average Bonchev–Trinajstić information content (AvgIpc) is 2.92. The maximum atomic E-state index is 10.6. The first-order valence-electron chi connectivity index (χ1n) is 6.11. The Hall–Kier alpha value is -2.14. The van der Waals surface area contributed by atoms with Crippen LogP contribution in [0.1, 0.15) is 37.3 Å². The molecule has 0 fully saturated rings. The predicted molar refractivity (Wildman–Crippen MR) is 71.8 cm³/mol. The van der Waals surface area contributed by atoms with Gasteiger partial charge in [0.15, 0.2) is 0 Å². The Morgan fingerprint density at radius 2 is 1.84 bits per heavy atom. The van der Waals surface area contributed by atoms with Gasteiger partial charge in [0.25, 0.3) is 5.69 Å². The van der Waals surface area contributed by atoms with E-state index in [1.54, 1.807) is 18.4 Å². The average molecular weight is 260 g/mol. The molecule has 0 aliphatic heterocycles. The van der Waals surface area contributed by atoms with Gasteiger partial charge in [-0.3, -0.25) is 10.1 Å². The Morgan fingerprint density at radius 1 is 1.16 bits per heavy atom. The fourth-order valence-electron chi connectivity index (χ4n) is 1.98.